The smallest absolute Gasteiger partial charge is 0.320 e. The molecule has 0 unspecified atom stereocenters. The van der Waals surface area contributed by atoms with Crippen molar-refractivity contribution in [3.8, 4) is 10.4 Å². The maximum absolute atomic E-state index is 11.5. The molecular formula is C17H20N4O4S. The molecule has 1 aromatic carbocycles. The van der Waals surface area contributed by atoms with Crippen molar-refractivity contribution < 1.29 is 19.5 Å². The number of primary amides is 2. The van der Waals surface area contributed by atoms with Crippen molar-refractivity contribution in [1.82, 2.24) is 0 Å². The van der Waals surface area contributed by atoms with Crippen molar-refractivity contribution in [2.24, 2.45) is 17.2 Å². The summed E-state index contributed by atoms with van der Waals surface area (Å²) in [5.41, 5.74) is 18.0. The Kier molecular flexibility index (Phi) is 6.31. The van der Waals surface area contributed by atoms with Crippen LogP contribution in [0.3, 0.4) is 0 Å². The molecule has 0 radical (unpaired) electrons. The van der Waals surface area contributed by atoms with Crippen LogP contribution in [-0.2, 0) is 11.2 Å². The zero-order valence-electron chi connectivity index (χ0n) is 13.9. The SMILES string of the molecule is NC(=O)Nc1sc(-c2ccc(CCC[C@@H](N)C(=O)O)cc2)cc1C(N)=O. The summed E-state index contributed by atoms with van der Waals surface area (Å²) >= 11 is 1.21. The van der Waals surface area contributed by atoms with E-state index in [1.165, 1.54) is 11.3 Å². The molecule has 138 valence electrons. The summed E-state index contributed by atoms with van der Waals surface area (Å²) < 4.78 is 0. The number of urea groups is 1. The fourth-order valence-electron chi connectivity index (χ4n) is 2.41. The lowest BCUT2D eigenvalue weighted by molar-refractivity contribution is -0.138. The average molecular weight is 376 g/mol. The lowest BCUT2D eigenvalue weighted by Gasteiger charge is -2.06. The van der Waals surface area contributed by atoms with Gasteiger partial charge in [0.1, 0.15) is 11.0 Å². The highest BCUT2D eigenvalue weighted by molar-refractivity contribution is 7.20. The van der Waals surface area contributed by atoms with Gasteiger partial charge in [-0.1, -0.05) is 24.3 Å². The van der Waals surface area contributed by atoms with E-state index in [-0.39, 0.29) is 5.56 Å². The molecular weight excluding hydrogens is 356 g/mol. The van der Waals surface area contributed by atoms with Gasteiger partial charge in [0, 0.05) is 4.88 Å². The van der Waals surface area contributed by atoms with E-state index in [1.807, 2.05) is 24.3 Å². The second-order valence-corrected chi connectivity index (χ2v) is 6.79. The lowest BCUT2D eigenvalue weighted by Crippen LogP contribution is -2.29. The first-order chi connectivity index (χ1) is 12.3. The van der Waals surface area contributed by atoms with Crippen LogP contribution in [0.1, 0.15) is 28.8 Å². The number of carboxylic acid groups (broad SMARTS) is 1. The number of carbonyl (C=O) groups excluding carboxylic acids is 2. The van der Waals surface area contributed by atoms with Crippen molar-refractivity contribution in [2.75, 3.05) is 5.32 Å². The average Bonchev–Trinajstić information content (AvgIpc) is 2.98. The number of amides is 3. The summed E-state index contributed by atoms with van der Waals surface area (Å²) in [5, 5.41) is 11.5. The molecule has 0 spiro atoms. The number of anilines is 1. The monoisotopic (exact) mass is 376 g/mol. The third-order valence-corrected chi connectivity index (χ3v) is 4.87. The van der Waals surface area contributed by atoms with Gasteiger partial charge in [0.25, 0.3) is 5.91 Å². The van der Waals surface area contributed by atoms with Gasteiger partial charge < -0.3 is 22.3 Å². The summed E-state index contributed by atoms with van der Waals surface area (Å²) in [6, 6.07) is 7.62. The van der Waals surface area contributed by atoms with Gasteiger partial charge in [0.2, 0.25) is 0 Å². The van der Waals surface area contributed by atoms with Crippen LogP contribution < -0.4 is 22.5 Å². The molecule has 0 saturated carbocycles. The fraction of sp³-hybridized carbons (Fsp3) is 0.235. The Morgan fingerprint density at radius 2 is 1.81 bits per heavy atom. The predicted molar refractivity (Wildman–Crippen MR) is 100 cm³/mol. The molecule has 26 heavy (non-hydrogen) atoms. The molecule has 9 heteroatoms. The van der Waals surface area contributed by atoms with Crippen LogP contribution in [0.2, 0.25) is 0 Å². The molecule has 0 saturated heterocycles. The number of benzene rings is 1. The van der Waals surface area contributed by atoms with Crippen LogP contribution >= 0.6 is 11.3 Å². The fourth-order valence-corrected chi connectivity index (χ4v) is 3.48. The van der Waals surface area contributed by atoms with Crippen molar-refractivity contribution in [2.45, 2.75) is 25.3 Å². The second kappa shape index (κ2) is 8.45. The molecule has 0 aliphatic carbocycles. The van der Waals surface area contributed by atoms with E-state index in [9.17, 15) is 14.4 Å². The molecule has 8 nitrogen and oxygen atoms in total. The van der Waals surface area contributed by atoms with Gasteiger partial charge in [-0.2, -0.15) is 0 Å². The van der Waals surface area contributed by atoms with Gasteiger partial charge in [-0.3, -0.25) is 14.9 Å². The maximum Gasteiger partial charge on any atom is 0.320 e. The van der Waals surface area contributed by atoms with Crippen LogP contribution in [0.25, 0.3) is 10.4 Å². The molecule has 0 bridgehead atoms. The minimum Gasteiger partial charge on any atom is -0.480 e. The van der Waals surface area contributed by atoms with E-state index in [4.69, 9.17) is 22.3 Å². The van der Waals surface area contributed by atoms with E-state index in [1.54, 1.807) is 6.07 Å². The van der Waals surface area contributed by atoms with Gasteiger partial charge in [-0.25, -0.2) is 4.79 Å². The highest BCUT2D eigenvalue weighted by Crippen LogP contribution is 2.35. The molecule has 2 aromatic rings. The Balaban J connectivity index is 2.09. The first-order valence-electron chi connectivity index (χ1n) is 7.85. The van der Waals surface area contributed by atoms with E-state index < -0.39 is 23.9 Å². The quantitative estimate of drug-likeness (QED) is 0.473. The Labute approximate surface area is 154 Å². The number of hydrogen-bond acceptors (Lipinski definition) is 5. The standard InChI is InChI=1S/C17H20N4O4S/c18-12(16(23)24)3-1-2-9-4-6-10(7-5-9)13-8-11(14(19)22)15(26-13)21-17(20)25/h4-8,12H,1-3,18H2,(H2,19,22)(H,23,24)(H3,20,21,25)/t12-/m1/s1. The molecule has 8 N–H and O–H groups in total. The normalized spacial score (nSPS) is 11.7. The minimum absolute atomic E-state index is 0.204. The summed E-state index contributed by atoms with van der Waals surface area (Å²) in [5.74, 6) is -1.65. The number of rotatable bonds is 8. The number of hydrogen-bond donors (Lipinski definition) is 5. The molecule has 1 atom stereocenters. The Hall–Kier alpha value is -2.91. The number of nitrogens with one attached hydrogen (secondary N) is 1. The highest BCUT2D eigenvalue weighted by Gasteiger charge is 2.16. The van der Waals surface area contributed by atoms with Crippen LogP contribution in [0.5, 0.6) is 0 Å². The molecule has 0 aliphatic rings. The Bertz CT molecular complexity index is 817. The molecule has 1 heterocycles. The maximum atomic E-state index is 11.5. The minimum atomic E-state index is -0.997. The van der Waals surface area contributed by atoms with Crippen LogP contribution in [0.15, 0.2) is 30.3 Å². The summed E-state index contributed by atoms with van der Waals surface area (Å²) in [4.78, 5) is 34.0. The third-order valence-electron chi connectivity index (χ3n) is 3.77. The van der Waals surface area contributed by atoms with Gasteiger partial charge in [-0.05, 0) is 36.5 Å². The number of carbonyl (C=O) groups is 3. The largest absolute Gasteiger partial charge is 0.480 e. The van der Waals surface area contributed by atoms with Gasteiger partial charge in [0.05, 0.1) is 5.56 Å². The Morgan fingerprint density at radius 3 is 2.35 bits per heavy atom. The molecule has 3 amide bonds. The number of nitrogens with two attached hydrogens (primary N) is 3. The molecule has 1 aromatic heterocycles. The Morgan fingerprint density at radius 1 is 1.15 bits per heavy atom. The van der Waals surface area contributed by atoms with Crippen LogP contribution in [0.4, 0.5) is 9.80 Å². The zero-order valence-corrected chi connectivity index (χ0v) is 14.7. The number of aliphatic carboxylic acids is 1. The van der Waals surface area contributed by atoms with Gasteiger partial charge in [-0.15, -0.1) is 11.3 Å². The van der Waals surface area contributed by atoms with Crippen LogP contribution in [-0.4, -0.2) is 29.1 Å². The molecule has 0 fully saturated rings. The lowest BCUT2D eigenvalue weighted by atomic mass is 10.0. The molecule has 2 rings (SSSR count). The summed E-state index contributed by atoms with van der Waals surface area (Å²) in [6.45, 7) is 0. The predicted octanol–water partition coefficient (Wildman–Crippen LogP) is 1.74. The van der Waals surface area contributed by atoms with Crippen molar-refractivity contribution >= 4 is 34.2 Å². The zero-order chi connectivity index (χ0) is 19.3. The topological polar surface area (TPSA) is 162 Å². The third kappa shape index (κ3) is 5.04. The highest BCUT2D eigenvalue weighted by atomic mass is 32.1. The number of aryl methyl sites for hydroxylation is 1. The number of carboxylic acids is 1. The first kappa shape index (κ1) is 19.4. The summed E-state index contributed by atoms with van der Waals surface area (Å²) in [7, 11) is 0. The second-order valence-electron chi connectivity index (χ2n) is 5.74. The molecule has 0 aliphatic heterocycles. The van der Waals surface area contributed by atoms with Crippen molar-refractivity contribution in [1.29, 1.82) is 0 Å². The van der Waals surface area contributed by atoms with Gasteiger partial charge in [0.15, 0.2) is 0 Å². The van der Waals surface area contributed by atoms with E-state index in [0.717, 1.165) is 16.0 Å². The van der Waals surface area contributed by atoms with Crippen molar-refractivity contribution in [3.05, 3.63) is 41.5 Å². The van der Waals surface area contributed by atoms with E-state index in [2.05, 4.69) is 5.32 Å². The van der Waals surface area contributed by atoms with E-state index >= 15 is 0 Å². The van der Waals surface area contributed by atoms with Gasteiger partial charge >= 0.3 is 12.0 Å². The van der Waals surface area contributed by atoms with Crippen molar-refractivity contribution in [3.63, 3.8) is 0 Å². The van der Waals surface area contributed by atoms with E-state index in [0.29, 0.717) is 24.3 Å². The summed E-state index contributed by atoms with van der Waals surface area (Å²) in [6.07, 6.45) is 1.79. The number of thiophene rings is 1. The first-order valence-corrected chi connectivity index (χ1v) is 8.67. The van der Waals surface area contributed by atoms with Crippen LogP contribution in [0, 0.1) is 0 Å².